The first-order valence-corrected chi connectivity index (χ1v) is 12.1. The zero-order chi connectivity index (χ0) is 22.2. The third kappa shape index (κ3) is 4.33. The minimum absolute atomic E-state index is 0.105. The standard InChI is InChI=1S/C23H27BrN4O2S/c1-16-14-17(24)7-8-18(16)28-15-19(25-26-28)23(30)9-5-11-27(12-10-23)21(29)22(2,3)20-6-4-13-31-20/h4,6-8,13-15,30H,5,9-12H2,1-3H3. The van der Waals surface area contributed by atoms with Gasteiger partial charge in [-0.05, 0) is 75.2 Å². The Kier molecular flexibility index (Phi) is 6.07. The highest BCUT2D eigenvalue weighted by Gasteiger charge is 2.39. The highest BCUT2D eigenvalue weighted by molar-refractivity contribution is 9.10. The maximum Gasteiger partial charge on any atom is 0.233 e. The Morgan fingerprint density at radius 3 is 2.77 bits per heavy atom. The van der Waals surface area contributed by atoms with Crippen molar-refractivity contribution in [3.63, 3.8) is 0 Å². The number of amides is 1. The number of carbonyl (C=O) groups excluding carboxylic acids is 1. The summed E-state index contributed by atoms with van der Waals surface area (Å²) in [5.41, 5.74) is 0.879. The van der Waals surface area contributed by atoms with Crippen LogP contribution in [0.1, 0.15) is 49.2 Å². The Labute approximate surface area is 195 Å². The summed E-state index contributed by atoms with van der Waals surface area (Å²) in [4.78, 5) is 16.2. The van der Waals surface area contributed by atoms with Gasteiger partial charge in [-0.3, -0.25) is 4.79 Å². The van der Waals surface area contributed by atoms with Crippen LogP contribution in [-0.4, -0.2) is 44.0 Å². The second-order valence-electron chi connectivity index (χ2n) is 8.76. The van der Waals surface area contributed by atoms with Crippen molar-refractivity contribution in [2.45, 2.75) is 51.0 Å². The Morgan fingerprint density at radius 2 is 2.06 bits per heavy atom. The number of aryl methyl sites for hydroxylation is 1. The molecule has 1 N–H and O–H groups in total. The molecule has 6 nitrogen and oxygen atoms in total. The second kappa shape index (κ2) is 8.48. The van der Waals surface area contributed by atoms with Crippen LogP contribution in [0.3, 0.4) is 0 Å². The van der Waals surface area contributed by atoms with Gasteiger partial charge in [0.25, 0.3) is 0 Å². The molecule has 0 saturated carbocycles. The molecule has 1 aliphatic rings. The molecule has 4 rings (SSSR count). The molecule has 8 heteroatoms. The first kappa shape index (κ1) is 22.2. The summed E-state index contributed by atoms with van der Waals surface area (Å²) in [5, 5.41) is 22.0. The predicted molar refractivity (Wildman–Crippen MR) is 125 cm³/mol. The van der Waals surface area contributed by atoms with E-state index in [0.717, 1.165) is 20.6 Å². The lowest BCUT2D eigenvalue weighted by Gasteiger charge is -2.31. The monoisotopic (exact) mass is 502 g/mol. The van der Waals surface area contributed by atoms with Crippen molar-refractivity contribution in [3.8, 4) is 5.69 Å². The Bertz CT molecular complexity index is 1080. The van der Waals surface area contributed by atoms with Crippen molar-refractivity contribution in [2.24, 2.45) is 0 Å². The number of aliphatic hydroxyl groups is 1. The summed E-state index contributed by atoms with van der Waals surface area (Å²) in [6.45, 7) is 7.10. The maximum atomic E-state index is 13.3. The van der Waals surface area contributed by atoms with E-state index in [2.05, 4.69) is 26.2 Å². The molecule has 1 aromatic carbocycles. The van der Waals surface area contributed by atoms with Gasteiger partial charge in [0.1, 0.15) is 11.3 Å². The van der Waals surface area contributed by atoms with Crippen LogP contribution >= 0.6 is 27.3 Å². The molecule has 0 spiro atoms. The van der Waals surface area contributed by atoms with Gasteiger partial charge < -0.3 is 10.0 Å². The van der Waals surface area contributed by atoms with Crippen LogP contribution in [0.2, 0.25) is 0 Å². The highest BCUT2D eigenvalue weighted by atomic mass is 79.9. The van der Waals surface area contributed by atoms with Crippen LogP contribution in [0.4, 0.5) is 0 Å². The number of nitrogens with zero attached hydrogens (tertiary/aromatic N) is 4. The summed E-state index contributed by atoms with van der Waals surface area (Å²) in [6, 6.07) is 9.95. The van der Waals surface area contributed by atoms with Crippen molar-refractivity contribution < 1.29 is 9.90 Å². The molecule has 1 fully saturated rings. The second-order valence-corrected chi connectivity index (χ2v) is 10.6. The Hall–Kier alpha value is -2.03. The van der Waals surface area contributed by atoms with Crippen molar-refractivity contribution in [1.29, 1.82) is 0 Å². The van der Waals surface area contributed by atoms with E-state index in [1.807, 2.05) is 67.6 Å². The molecule has 0 bridgehead atoms. The van der Waals surface area contributed by atoms with Crippen molar-refractivity contribution in [2.75, 3.05) is 13.1 Å². The van der Waals surface area contributed by atoms with Crippen molar-refractivity contribution >= 4 is 33.2 Å². The number of hydrogen-bond donors (Lipinski definition) is 1. The molecule has 1 amide bonds. The molecule has 3 heterocycles. The quantitative estimate of drug-likeness (QED) is 0.566. The van der Waals surface area contributed by atoms with E-state index in [9.17, 15) is 9.90 Å². The minimum atomic E-state index is -1.09. The average Bonchev–Trinajstić information content (AvgIpc) is 3.40. The van der Waals surface area contributed by atoms with Crippen LogP contribution in [0.25, 0.3) is 5.69 Å². The topological polar surface area (TPSA) is 71.2 Å². The van der Waals surface area contributed by atoms with E-state index < -0.39 is 11.0 Å². The molecule has 1 saturated heterocycles. The van der Waals surface area contributed by atoms with Crippen LogP contribution in [0.5, 0.6) is 0 Å². The minimum Gasteiger partial charge on any atom is -0.383 e. The molecule has 1 atom stereocenters. The van der Waals surface area contributed by atoms with Gasteiger partial charge >= 0.3 is 0 Å². The lowest BCUT2D eigenvalue weighted by atomic mass is 9.89. The van der Waals surface area contributed by atoms with Gasteiger partial charge in [0.2, 0.25) is 5.91 Å². The third-order valence-electron chi connectivity index (χ3n) is 6.15. The van der Waals surface area contributed by atoms with E-state index >= 15 is 0 Å². The summed E-state index contributed by atoms with van der Waals surface area (Å²) < 4.78 is 2.72. The van der Waals surface area contributed by atoms with Crippen LogP contribution in [-0.2, 0) is 15.8 Å². The smallest absolute Gasteiger partial charge is 0.233 e. The Morgan fingerprint density at radius 1 is 1.26 bits per heavy atom. The zero-order valence-corrected chi connectivity index (χ0v) is 20.4. The molecule has 1 unspecified atom stereocenters. The molecular formula is C23H27BrN4O2S. The van der Waals surface area contributed by atoms with Gasteiger partial charge in [0.05, 0.1) is 17.3 Å². The molecule has 164 valence electrons. The Balaban J connectivity index is 1.51. The number of benzene rings is 1. The summed E-state index contributed by atoms with van der Waals surface area (Å²) in [5.74, 6) is 0.105. The summed E-state index contributed by atoms with van der Waals surface area (Å²) >= 11 is 5.09. The number of thiophene rings is 1. The largest absolute Gasteiger partial charge is 0.383 e. The number of hydrogen-bond acceptors (Lipinski definition) is 5. The zero-order valence-electron chi connectivity index (χ0n) is 18.0. The number of likely N-dealkylation sites (tertiary alicyclic amines) is 1. The van der Waals surface area contributed by atoms with Crippen LogP contribution in [0, 0.1) is 6.92 Å². The third-order valence-corrected chi connectivity index (χ3v) is 7.84. The number of rotatable bonds is 4. The van der Waals surface area contributed by atoms with E-state index in [1.165, 1.54) is 0 Å². The van der Waals surface area contributed by atoms with Gasteiger partial charge in [-0.25, -0.2) is 4.68 Å². The number of aromatic nitrogens is 3. The van der Waals surface area contributed by atoms with Crippen LogP contribution in [0.15, 0.2) is 46.4 Å². The fourth-order valence-corrected chi connectivity index (χ4v) is 5.50. The van der Waals surface area contributed by atoms with Gasteiger partial charge in [-0.1, -0.05) is 27.2 Å². The fraction of sp³-hybridized carbons (Fsp3) is 0.435. The first-order valence-electron chi connectivity index (χ1n) is 10.5. The van der Waals surface area contributed by atoms with E-state index in [1.54, 1.807) is 16.0 Å². The predicted octanol–water partition coefficient (Wildman–Crippen LogP) is 4.58. The van der Waals surface area contributed by atoms with Crippen LogP contribution < -0.4 is 0 Å². The van der Waals surface area contributed by atoms with E-state index in [-0.39, 0.29) is 5.91 Å². The SMILES string of the molecule is Cc1cc(Br)ccc1-n1cc(C2(O)CCCN(C(=O)C(C)(C)c3cccs3)CC2)nn1. The first-order chi connectivity index (χ1) is 14.7. The normalized spacial score (nSPS) is 20.0. The molecule has 31 heavy (non-hydrogen) atoms. The number of carbonyl (C=O) groups is 1. The van der Waals surface area contributed by atoms with E-state index in [0.29, 0.717) is 38.0 Å². The average molecular weight is 503 g/mol. The molecule has 0 aliphatic carbocycles. The maximum absolute atomic E-state index is 13.3. The lowest BCUT2D eigenvalue weighted by molar-refractivity contribution is -0.136. The summed E-state index contributed by atoms with van der Waals surface area (Å²) in [7, 11) is 0. The van der Waals surface area contributed by atoms with Gasteiger partial charge in [-0.2, -0.15) is 0 Å². The fourth-order valence-electron chi connectivity index (χ4n) is 4.18. The van der Waals surface area contributed by atoms with Gasteiger partial charge in [0, 0.05) is 22.4 Å². The molecule has 2 aromatic heterocycles. The molecule has 0 radical (unpaired) electrons. The number of halogens is 1. The van der Waals surface area contributed by atoms with E-state index in [4.69, 9.17) is 0 Å². The highest BCUT2D eigenvalue weighted by Crippen LogP contribution is 2.35. The molecule has 3 aromatic rings. The lowest BCUT2D eigenvalue weighted by Crippen LogP contribution is -2.44. The van der Waals surface area contributed by atoms with Gasteiger partial charge in [-0.15, -0.1) is 16.4 Å². The van der Waals surface area contributed by atoms with Crippen molar-refractivity contribution in [3.05, 3.63) is 62.5 Å². The summed E-state index contributed by atoms with van der Waals surface area (Å²) in [6.07, 6.45) is 3.52. The molecule has 1 aliphatic heterocycles. The van der Waals surface area contributed by atoms with Crippen molar-refractivity contribution in [1.82, 2.24) is 19.9 Å². The molecular weight excluding hydrogens is 476 g/mol. The van der Waals surface area contributed by atoms with Gasteiger partial charge in [0.15, 0.2) is 0 Å².